The quantitative estimate of drug-likeness (QED) is 0.426. The van der Waals surface area contributed by atoms with E-state index in [4.69, 9.17) is 69.6 Å². The SMILES string of the molecule is Clc1[nH]c2c(Cl)c(Cl)c(Cl)c(Cl)c2c1Cl.S. The van der Waals surface area contributed by atoms with Crippen molar-refractivity contribution in [3.05, 3.63) is 30.3 Å². The first-order valence-electron chi connectivity index (χ1n) is 3.63. The molecule has 88 valence electrons. The van der Waals surface area contributed by atoms with Gasteiger partial charge in [0.1, 0.15) is 5.15 Å². The zero-order chi connectivity index (χ0) is 11.3. The lowest BCUT2D eigenvalue weighted by molar-refractivity contribution is 1.47. The molecule has 0 spiro atoms. The third-order valence-electron chi connectivity index (χ3n) is 1.91. The predicted octanol–water partition coefficient (Wildman–Crippen LogP) is 6.20. The molecule has 0 unspecified atom stereocenters. The van der Waals surface area contributed by atoms with Gasteiger partial charge in [0.05, 0.1) is 30.6 Å². The first-order chi connectivity index (χ1) is 6.95. The van der Waals surface area contributed by atoms with E-state index in [0.717, 1.165) is 0 Å². The van der Waals surface area contributed by atoms with E-state index in [9.17, 15) is 0 Å². The maximum atomic E-state index is 5.98. The third-order valence-corrected chi connectivity index (χ3v) is 4.47. The molecule has 0 bridgehead atoms. The molecule has 2 rings (SSSR count). The van der Waals surface area contributed by atoms with Gasteiger partial charge in [-0.05, 0) is 0 Å². The molecule has 0 saturated heterocycles. The van der Waals surface area contributed by atoms with Crippen LogP contribution in [0.25, 0.3) is 10.9 Å². The van der Waals surface area contributed by atoms with Gasteiger partial charge in [-0.2, -0.15) is 13.5 Å². The van der Waals surface area contributed by atoms with E-state index < -0.39 is 0 Å². The van der Waals surface area contributed by atoms with Crippen molar-refractivity contribution in [2.75, 3.05) is 0 Å². The Morgan fingerprint density at radius 2 is 1.12 bits per heavy atom. The summed E-state index contributed by atoms with van der Waals surface area (Å²) in [6.45, 7) is 0. The number of nitrogens with one attached hydrogen (secondary N) is 1. The normalized spacial score (nSPS) is 10.6. The van der Waals surface area contributed by atoms with Gasteiger partial charge in [0, 0.05) is 5.39 Å². The van der Waals surface area contributed by atoms with Crippen LogP contribution < -0.4 is 0 Å². The van der Waals surface area contributed by atoms with Crippen molar-refractivity contribution in [1.82, 2.24) is 4.98 Å². The number of aromatic nitrogens is 1. The minimum Gasteiger partial charge on any atom is -0.343 e. The molecule has 0 aliphatic heterocycles. The number of hydrogen-bond donors (Lipinski definition) is 1. The lowest BCUT2D eigenvalue weighted by Crippen LogP contribution is -1.78. The van der Waals surface area contributed by atoms with E-state index in [1.54, 1.807) is 0 Å². The van der Waals surface area contributed by atoms with Gasteiger partial charge in [-0.15, -0.1) is 0 Å². The van der Waals surface area contributed by atoms with Gasteiger partial charge in [-0.3, -0.25) is 0 Å². The van der Waals surface area contributed by atoms with E-state index in [0.29, 0.717) is 10.9 Å². The molecule has 0 atom stereocenters. The first kappa shape index (κ1) is 14.9. The molecule has 0 amide bonds. The summed E-state index contributed by atoms with van der Waals surface area (Å²) in [6.07, 6.45) is 0. The summed E-state index contributed by atoms with van der Waals surface area (Å²) in [5, 5.41) is 1.80. The zero-order valence-corrected chi connectivity index (χ0v) is 12.8. The van der Waals surface area contributed by atoms with Crippen LogP contribution in [0.1, 0.15) is 0 Å². The van der Waals surface area contributed by atoms with Gasteiger partial charge in [0.25, 0.3) is 0 Å². The molecule has 0 aliphatic carbocycles. The van der Waals surface area contributed by atoms with Crippen molar-refractivity contribution in [3.63, 3.8) is 0 Å². The van der Waals surface area contributed by atoms with Crippen LogP contribution in [0.5, 0.6) is 0 Å². The van der Waals surface area contributed by atoms with Gasteiger partial charge >= 0.3 is 0 Å². The molecule has 1 heterocycles. The molecule has 1 nitrogen and oxygen atoms in total. The fourth-order valence-corrected chi connectivity index (χ4v) is 2.70. The molecule has 1 N–H and O–H groups in total. The van der Waals surface area contributed by atoms with Gasteiger partial charge in [0.15, 0.2) is 0 Å². The number of aromatic amines is 1. The summed E-state index contributed by atoms with van der Waals surface area (Å²) in [4.78, 5) is 2.78. The Kier molecular flexibility index (Phi) is 4.87. The van der Waals surface area contributed by atoms with E-state index >= 15 is 0 Å². The highest BCUT2D eigenvalue weighted by Crippen LogP contribution is 2.46. The van der Waals surface area contributed by atoms with Gasteiger partial charge in [-0.25, -0.2) is 0 Å². The molecular formula is C8H3Cl6NS. The molecule has 0 saturated carbocycles. The Labute approximate surface area is 128 Å². The van der Waals surface area contributed by atoms with Crippen LogP contribution in [-0.2, 0) is 0 Å². The molecular weight excluding hydrogens is 355 g/mol. The highest BCUT2D eigenvalue weighted by atomic mass is 35.5. The summed E-state index contributed by atoms with van der Waals surface area (Å²) in [7, 11) is 0. The largest absolute Gasteiger partial charge is 0.343 e. The van der Waals surface area contributed by atoms with Crippen LogP contribution in [0.4, 0.5) is 0 Å². The topological polar surface area (TPSA) is 15.8 Å². The predicted molar refractivity (Wildman–Crippen MR) is 78.7 cm³/mol. The number of rotatable bonds is 0. The van der Waals surface area contributed by atoms with Crippen LogP contribution >= 0.6 is 83.1 Å². The first-order valence-corrected chi connectivity index (χ1v) is 5.90. The Morgan fingerprint density at radius 1 is 0.625 bits per heavy atom. The van der Waals surface area contributed by atoms with Crippen LogP contribution in [0.15, 0.2) is 0 Å². The Hall–Kier alpha value is 0.850. The molecule has 0 radical (unpaired) electrons. The Balaban J connectivity index is 0.00000128. The van der Waals surface area contributed by atoms with Crippen molar-refractivity contribution in [2.24, 2.45) is 0 Å². The minimum absolute atomic E-state index is 0. The van der Waals surface area contributed by atoms with Crippen molar-refractivity contribution in [2.45, 2.75) is 0 Å². The van der Waals surface area contributed by atoms with Crippen LogP contribution in [-0.4, -0.2) is 4.98 Å². The van der Waals surface area contributed by atoms with Crippen LogP contribution in [0.3, 0.4) is 0 Å². The number of benzene rings is 1. The number of H-pyrrole nitrogens is 1. The van der Waals surface area contributed by atoms with E-state index in [-0.39, 0.29) is 43.8 Å². The monoisotopic (exact) mass is 355 g/mol. The van der Waals surface area contributed by atoms with Gasteiger partial charge in [0.2, 0.25) is 0 Å². The molecule has 0 aliphatic rings. The van der Waals surface area contributed by atoms with Gasteiger partial charge in [-0.1, -0.05) is 69.6 Å². The summed E-state index contributed by atoms with van der Waals surface area (Å²) in [6, 6.07) is 0. The second-order valence-corrected chi connectivity index (χ2v) is 5.03. The smallest absolute Gasteiger partial charge is 0.126 e. The molecule has 8 heteroatoms. The van der Waals surface area contributed by atoms with Crippen molar-refractivity contribution in [1.29, 1.82) is 0 Å². The zero-order valence-electron chi connectivity index (χ0n) is 7.27. The van der Waals surface area contributed by atoms with Gasteiger partial charge < -0.3 is 4.98 Å². The Morgan fingerprint density at radius 3 is 1.69 bits per heavy atom. The van der Waals surface area contributed by atoms with Crippen molar-refractivity contribution >= 4 is 94.0 Å². The van der Waals surface area contributed by atoms with E-state index in [1.807, 2.05) is 0 Å². The molecule has 1 aromatic carbocycles. The maximum absolute atomic E-state index is 5.98. The number of hydrogen-bond acceptors (Lipinski definition) is 0. The Bertz CT molecular complexity index is 564. The average molecular weight is 358 g/mol. The molecule has 16 heavy (non-hydrogen) atoms. The van der Waals surface area contributed by atoms with E-state index in [1.165, 1.54) is 0 Å². The summed E-state index contributed by atoms with van der Waals surface area (Å²) < 4.78 is 0. The lowest BCUT2D eigenvalue weighted by atomic mass is 10.2. The number of fused-ring (bicyclic) bond motifs is 1. The fourth-order valence-electron chi connectivity index (χ4n) is 1.23. The standard InChI is InChI=1S/C8HCl6N.H2S/c9-2-1-3(10)8(14)15-7(1)6(13)5(12)4(2)11;/h15H;1H2. The second kappa shape index (κ2) is 5.23. The molecule has 2 aromatic rings. The van der Waals surface area contributed by atoms with Crippen LogP contribution in [0.2, 0.25) is 30.3 Å². The summed E-state index contributed by atoms with van der Waals surface area (Å²) >= 11 is 35.4. The van der Waals surface area contributed by atoms with E-state index in [2.05, 4.69) is 4.98 Å². The molecule has 1 aromatic heterocycles. The highest BCUT2D eigenvalue weighted by Gasteiger charge is 2.20. The third kappa shape index (κ3) is 2.10. The maximum Gasteiger partial charge on any atom is 0.126 e. The van der Waals surface area contributed by atoms with Crippen LogP contribution in [0, 0.1) is 0 Å². The second-order valence-electron chi connectivity index (χ2n) is 2.76. The fraction of sp³-hybridized carbons (Fsp3) is 0. The average Bonchev–Trinajstić information content (AvgIpc) is 2.50. The van der Waals surface area contributed by atoms with Crippen molar-refractivity contribution < 1.29 is 0 Å². The summed E-state index contributed by atoms with van der Waals surface area (Å²) in [5.74, 6) is 0. The number of halogens is 6. The van der Waals surface area contributed by atoms with Crippen molar-refractivity contribution in [3.8, 4) is 0 Å². The minimum atomic E-state index is 0. The summed E-state index contributed by atoms with van der Waals surface area (Å²) in [5.41, 5.74) is 0.478. The molecule has 0 fully saturated rings. The lowest BCUT2D eigenvalue weighted by Gasteiger charge is -2.04. The highest BCUT2D eigenvalue weighted by molar-refractivity contribution is 7.59.